The Hall–Kier alpha value is -3.21. The van der Waals surface area contributed by atoms with Gasteiger partial charge in [-0.25, -0.2) is 4.39 Å². The number of Topliss-reactive ketones (excluding diaryl/α,β-unsaturated/α-hetero) is 1. The molecule has 1 N–H and O–H groups in total. The van der Waals surface area contributed by atoms with Crippen LogP contribution in [0.1, 0.15) is 27.2 Å². The van der Waals surface area contributed by atoms with Crippen molar-refractivity contribution in [1.29, 1.82) is 0 Å². The Labute approximate surface area is 151 Å². The summed E-state index contributed by atoms with van der Waals surface area (Å²) in [5, 5.41) is 2.65. The van der Waals surface area contributed by atoms with Gasteiger partial charge in [0.2, 0.25) is 0 Å². The SMILES string of the molecule is Cc1ccc(CNC(=O)C(=O)c2cccn2Cc2ccc(F)cc2)cc1. The van der Waals surface area contributed by atoms with E-state index >= 15 is 0 Å². The second kappa shape index (κ2) is 7.78. The standard InChI is InChI=1S/C21H19FN2O2/c1-15-4-6-16(7-5-15)13-23-21(26)20(25)19-3-2-12-24(19)14-17-8-10-18(22)11-9-17/h2-12H,13-14H2,1H3,(H,23,26). The van der Waals surface area contributed by atoms with Gasteiger partial charge in [0, 0.05) is 19.3 Å². The van der Waals surface area contributed by atoms with Crippen molar-refractivity contribution in [1.82, 2.24) is 9.88 Å². The molecule has 132 valence electrons. The lowest BCUT2D eigenvalue weighted by atomic mass is 10.1. The van der Waals surface area contributed by atoms with E-state index in [0.717, 1.165) is 16.7 Å². The van der Waals surface area contributed by atoms with Gasteiger partial charge in [-0.05, 0) is 42.3 Å². The number of hydrogen-bond acceptors (Lipinski definition) is 2. The molecule has 0 radical (unpaired) electrons. The van der Waals surface area contributed by atoms with Crippen LogP contribution in [-0.4, -0.2) is 16.3 Å². The van der Waals surface area contributed by atoms with Crippen molar-refractivity contribution in [3.63, 3.8) is 0 Å². The summed E-state index contributed by atoms with van der Waals surface area (Å²) in [6.07, 6.45) is 1.73. The summed E-state index contributed by atoms with van der Waals surface area (Å²) in [6.45, 7) is 2.67. The molecular weight excluding hydrogens is 331 g/mol. The summed E-state index contributed by atoms with van der Waals surface area (Å²) >= 11 is 0. The molecule has 0 atom stereocenters. The highest BCUT2D eigenvalue weighted by atomic mass is 19.1. The number of amides is 1. The van der Waals surface area contributed by atoms with Crippen LogP contribution >= 0.6 is 0 Å². The summed E-state index contributed by atoms with van der Waals surface area (Å²) in [5.41, 5.74) is 3.21. The predicted molar refractivity (Wildman–Crippen MR) is 97.3 cm³/mol. The summed E-state index contributed by atoms with van der Waals surface area (Å²) in [5.74, 6) is -1.55. The number of carbonyl (C=O) groups excluding carboxylic acids is 2. The minimum absolute atomic E-state index is 0.295. The van der Waals surface area contributed by atoms with Gasteiger partial charge in [0.05, 0.1) is 5.69 Å². The van der Waals surface area contributed by atoms with Gasteiger partial charge in [0.25, 0.3) is 11.7 Å². The van der Waals surface area contributed by atoms with Gasteiger partial charge in [-0.1, -0.05) is 42.0 Å². The van der Waals surface area contributed by atoms with E-state index in [1.165, 1.54) is 12.1 Å². The van der Waals surface area contributed by atoms with Crippen molar-refractivity contribution in [2.45, 2.75) is 20.0 Å². The van der Waals surface area contributed by atoms with E-state index in [1.807, 2.05) is 31.2 Å². The van der Waals surface area contributed by atoms with Crippen LogP contribution in [0.5, 0.6) is 0 Å². The Kier molecular flexibility index (Phi) is 5.27. The van der Waals surface area contributed by atoms with Crippen LogP contribution in [0.15, 0.2) is 66.9 Å². The van der Waals surface area contributed by atoms with Crippen LogP contribution < -0.4 is 5.32 Å². The van der Waals surface area contributed by atoms with Crippen molar-refractivity contribution in [3.8, 4) is 0 Å². The normalized spacial score (nSPS) is 10.5. The first kappa shape index (κ1) is 17.6. The maximum absolute atomic E-state index is 13.0. The number of ketones is 1. The fourth-order valence-electron chi connectivity index (χ4n) is 2.63. The third-order valence-corrected chi connectivity index (χ3v) is 4.11. The molecular formula is C21H19FN2O2. The van der Waals surface area contributed by atoms with E-state index in [1.54, 1.807) is 35.0 Å². The second-order valence-corrected chi connectivity index (χ2v) is 6.15. The fourth-order valence-corrected chi connectivity index (χ4v) is 2.63. The van der Waals surface area contributed by atoms with Gasteiger partial charge in [0.15, 0.2) is 0 Å². The first-order valence-electron chi connectivity index (χ1n) is 8.30. The topological polar surface area (TPSA) is 51.1 Å². The highest BCUT2D eigenvalue weighted by Crippen LogP contribution is 2.10. The van der Waals surface area contributed by atoms with Crippen LogP contribution in [-0.2, 0) is 17.9 Å². The Balaban J connectivity index is 1.65. The Bertz CT molecular complexity index is 912. The smallest absolute Gasteiger partial charge is 0.294 e. The molecule has 0 aliphatic carbocycles. The zero-order valence-electron chi connectivity index (χ0n) is 14.4. The molecule has 0 saturated heterocycles. The summed E-state index contributed by atoms with van der Waals surface area (Å²) in [7, 11) is 0. The first-order chi connectivity index (χ1) is 12.5. The lowest BCUT2D eigenvalue weighted by Crippen LogP contribution is -2.32. The number of benzene rings is 2. The lowest BCUT2D eigenvalue weighted by molar-refractivity contribution is -0.117. The molecule has 2 aromatic carbocycles. The average molecular weight is 350 g/mol. The van der Waals surface area contributed by atoms with Gasteiger partial charge in [-0.3, -0.25) is 9.59 Å². The number of nitrogens with zero attached hydrogens (tertiary/aromatic N) is 1. The zero-order chi connectivity index (χ0) is 18.5. The number of carbonyl (C=O) groups is 2. The summed E-state index contributed by atoms with van der Waals surface area (Å²) < 4.78 is 14.7. The highest BCUT2D eigenvalue weighted by Gasteiger charge is 2.19. The molecule has 0 aliphatic heterocycles. The van der Waals surface area contributed by atoms with Crippen molar-refractivity contribution in [3.05, 3.63) is 95.1 Å². The molecule has 0 unspecified atom stereocenters. The molecule has 5 heteroatoms. The number of aromatic nitrogens is 1. The highest BCUT2D eigenvalue weighted by molar-refractivity contribution is 6.42. The largest absolute Gasteiger partial charge is 0.345 e. The average Bonchev–Trinajstić information content (AvgIpc) is 3.10. The lowest BCUT2D eigenvalue weighted by Gasteiger charge is -2.09. The van der Waals surface area contributed by atoms with E-state index in [-0.39, 0.29) is 5.82 Å². The quantitative estimate of drug-likeness (QED) is 0.547. The third kappa shape index (κ3) is 4.25. The van der Waals surface area contributed by atoms with Crippen LogP contribution in [0.4, 0.5) is 4.39 Å². The zero-order valence-corrected chi connectivity index (χ0v) is 14.4. The van der Waals surface area contributed by atoms with Crippen LogP contribution in [0, 0.1) is 12.7 Å². The molecule has 1 amide bonds. The van der Waals surface area contributed by atoms with Crippen LogP contribution in [0.25, 0.3) is 0 Å². The fraction of sp³-hybridized carbons (Fsp3) is 0.143. The van der Waals surface area contributed by atoms with E-state index in [0.29, 0.717) is 18.8 Å². The first-order valence-corrected chi connectivity index (χ1v) is 8.30. The van der Waals surface area contributed by atoms with Crippen LogP contribution in [0.3, 0.4) is 0 Å². The van der Waals surface area contributed by atoms with Crippen molar-refractivity contribution < 1.29 is 14.0 Å². The molecule has 1 aromatic heterocycles. The molecule has 1 heterocycles. The van der Waals surface area contributed by atoms with E-state index < -0.39 is 11.7 Å². The molecule has 26 heavy (non-hydrogen) atoms. The molecule has 0 saturated carbocycles. The molecule has 0 aliphatic rings. The van der Waals surface area contributed by atoms with E-state index in [9.17, 15) is 14.0 Å². The van der Waals surface area contributed by atoms with Crippen molar-refractivity contribution in [2.75, 3.05) is 0 Å². The number of aryl methyl sites for hydroxylation is 1. The number of nitrogens with one attached hydrogen (secondary N) is 1. The monoisotopic (exact) mass is 350 g/mol. The summed E-state index contributed by atoms with van der Waals surface area (Å²) in [4.78, 5) is 24.7. The minimum Gasteiger partial charge on any atom is -0.345 e. The maximum atomic E-state index is 13.0. The minimum atomic E-state index is -0.648. The second-order valence-electron chi connectivity index (χ2n) is 6.15. The molecule has 0 spiro atoms. The Morgan fingerprint density at radius 3 is 2.31 bits per heavy atom. The van der Waals surface area contributed by atoms with Crippen molar-refractivity contribution in [2.24, 2.45) is 0 Å². The number of rotatable bonds is 6. The molecule has 3 rings (SSSR count). The number of hydrogen-bond donors (Lipinski definition) is 1. The summed E-state index contributed by atoms with van der Waals surface area (Å²) in [6, 6.07) is 17.1. The molecule has 4 nitrogen and oxygen atoms in total. The third-order valence-electron chi connectivity index (χ3n) is 4.11. The van der Waals surface area contributed by atoms with Gasteiger partial charge in [-0.2, -0.15) is 0 Å². The Morgan fingerprint density at radius 1 is 0.962 bits per heavy atom. The molecule has 0 bridgehead atoms. The van der Waals surface area contributed by atoms with Crippen LogP contribution in [0.2, 0.25) is 0 Å². The van der Waals surface area contributed by atoms with Crippen molar-refractivity contribution >= 4 is 11.7 Å². The van der Waals surface area contributed by atoms with E-state index in [2.05, 4.69) is 5.32 Å². The van der Waals surface area contributed by atoms with Gasteiger partial charge >= 0.3 is 0 Å². The van der Waals surface area contributed by atoms with Gasteiger partial charge < -0.3 is 9.88 Å². The predicted octanol–water partition coefficient (Wildman–Crippen LogP) is 3.48. The Morgan fingerprint density at radius 2 is 1.62 bits per heavy atom. The maximum Gasteiger partial charge on any atom is 0.294 e. The van der Waals surface area contributed by atoms with Gasteiger partial charge in [-0.15, -0.1) is 0 Å². The number of halogens is 1. The van der Waals surface area contributed by atoms with Gasteiger partial charge in [0.1, 0.15) is 5.82 Å². The van der Waals surface area contributed by atoms with E-state index in [4.69, 9.17) is 0 Å². The molecule has 0 fully saturated rings. The molecule has 3 aromatic rings.